The van der Waals surface area contributed by atoms with Gasteiger partial charge in [-0.15, -0.1) is 0 Å². The summed E-state index contributed by atoms with van der Waals surface area (Å²) in [7, 11) is 0. The second kappa shape index (κ2) is 6.50. The van der Waals surface area contributed by atoms with E-state index in [0.717, 1.165) is 34.6 Å². The smallest absolute Gasteiger partial charge is 0.255 e. The molecule has 0 N–H and O–H groups in total. The maximum atomic E-state index is 12.6. The van der Waals surface area contributed by atoms with Crippen LogP contribution in [-0.4, -0.2) is 15.8 Å². The van der Waals surface area contributed by atoms with Gasteiger partial charge in [0.1, 0.15) is 5.15 Å². The predicted octanol–water partition coefficient (Wildman–Crippen LogP) is 5.06. The molecule has 0 aliphatic carbocycles. The molecule has 0 bridgehead atoms. The van der Waals surface area contributed by atoms with Gasteiger partial charge in [0.05, 0.1) is 12.6 Å². The van der Waals surface area contributed by atoms with E-state index in [4.69, 9.17) is 23.2 Å². The summed E-state index contributed by atoms with van der Waals surface area (Å²) in [6, 6.07) is 7.73. The standard InChI is InChI=1S/C18H18Cl2N2O/c1-3-4-12-5-6-13(9-16(12)19)11(2)22-10-15-14(18(22)23)7-8-21-17(15)20/h5-9,11H,3-4,10H2,1-2H3. The lowest BCUT2D eigenvalue weighted by molar-refractivity contribution is 0.0716. The summed E-state index contributed by atoms with van der Waals surface area (Å²) in [4.78, 5) is 18.5. The molecule has 1 aromatic carbocycles. The van der Waals surface area contributed by atoms with Crippen molar-refractivity contribution in [1.82, 2.24) is 9.88 Å². The van der Waals surface area contributed by atoms with E-state index in [1.165, 1.54) is 0 Å². The van der Waals surface area contributed by atoms with Crippen molar-refractivity contribution in [3.05, 3.63) is 62.9 Å². The summed E-state index contributed by atoms with van der Waals surface area (Å²) in [5.41, 5.74) is 3.62. The van der Waals surface area contributed by atoms with E-state index in [1.807, 2.05) is 17.9 Å². The van der Waals surface area contributed by atoms with E-state index in [-0.39, 0.29) is 11.9 Å². The molecule has 2 aromatic rings. The Morgan fingerprint density at radius 1 is 1.30 bits per heavy atom. The monoisotopic (exact) mass is 348 g/mol. The molecule has 3 rings (SSSR count). The molecule has 1 aliphatic rings. The fourth-order valence-corrected chi connectivity index (χ4v) is 3.50. The molecule has 5 heteroatoms. The van der Waals surface area contributed by atoms with Crippen molar-refractivity contribution >= 4 is 29.1 Å². The second-order valence-electron chi connectivity index (χ2n) is 5.84. The van der Waals surface area contributed by atoms with Gasteiger partial charge in [-0.2, -0.15) is 0 Å². The molecule has 3 nitrogen and oxygen atoms in total. The first-order valence-corrected chi connectivity index (χ1v) is 8.51. The van der Waals surface area contributed by atoms with Gasteiger partial charge >= 0.3 is 0 Å². The molecule has 2 heterocycles. The molecule has 0 saturated carbocycles. The Hall–Kier alpha value is -1.58. The zero-order valence-electron chi connectivity index (χ0n) is 13.1. The zero-order chi connectivity index (χ0) is 16.6. The first-order valence-electron chi connectivity index (χ1n) is 7.75. The lowest BCUT2D eigenvalue weighted by atomic mass is 10.0. The highest BCUT2D eigenvalue weighted by molar-refractivity contribution is 6.31. The van der Waals surface area contributed by atoms with Crippen LogP contribution in [0.2, 0.25) is 10.2 Å². The van der Waals surface area contributed by atoms with Crippen LogP contribution in [0.15, 0.2) is 30.5 Å². The van der Waals surface area contributed by atoms with Crippen molar-refractivity contribution in [3.8, 4) is 0 Å². The number of aromatic nitrogens is 1. The van der Waals surface area contributed by atoms with Crippen LogP contribution in [0.3, 0.4) is 0 Å². The first-order chi connectivity index (χ1) is 11.0. The summed E-state index contributed by atoms with van der Waals surface area (Å²) >= 11 is 12.5. The highest BCUT2D eigenvalue weighted by atomic mass is 35.5. The van der Waals surface area contributed by atoms with Crippen LogP contribution < -0.4 is 0 Å². The molecule has 1 aliphatic heterocycles. The Morgan fingerprint density at radius 2 is 2.09 bits per heavy atom. The third kappa shape index (κ3) is 2.96. The zero-order valence-corrected chi connectivity index (χ0v) is 14.7. The number of benzene rings is 1. The lowest BCUT2D eigenvalue weighted by Gasteiger charge is -2.25. The van der Waals surface area contributed by atoms with Gasteiger partial charge in [0.2, 0.25) is 0 Å². The molecule has 0 radical (unpaired) electrons. The maximum Gasteiger partial charge on any atom is 0.255 e. The van der Waals surface area contributed by atoms with E-state index >= 15 is 0 Å². The Bertz CT molecular complexity index is 761. The normalized spacial score (nSPS) is 15.0. The van der Waals surface area contributed by atoms with Crippen molar-refractivity contribution in [2.24, 2.45) is 0 Å². The van der Waals surface area contributed by atoms with E-state index in [9.17, 15) is 4.79 Å². The van der Waals surface area contributed by atoms with E-state index in [1.54, 1.807) is 12.3 Å². The molecular formula is C18H18Cl2N2O. The summed E-state index contributed by atoms with van der Waals surface area (Å²) in [5.74, 6) is -0.00874. The Balaban J connectivity index is 1.87. The number of carbonyl (C=O) groups is 1. The van der Waals surface area contributed by atoms with Gasteiger partial charge in [-0.25, -0.2) is 4.98 Å². The van der Waals surface area contributed by atoms with Crippen molar-refractivity contribution < 1.29 is 4.79 Å². The Morgan fingerprint density at radius 3 is 2.74 bits per heavy atom. The van der Waals surface area contributed by atoms with Crippen LogP contribution in [0.4, 0.5) is 0 Å². The average molecular weight is 349 g/mol. The number of hydrogen-bond acceptors (Lipinski definition) is 2. The summed E-state index contributed by atoms with van der Waals surface area (Å²) in [6.07, 6.45) is 3.59. The number of halogens is 2. The number of aryl methyl sites for hydroxylation is 1. The second-order valence-corrected chi connectivity index (χ2v) is 6.60. The number of pyridine rings is 1. The highest BCUT2D eigenvalue weighted by Gasteiger charge is 2.33. The number of hydrogen-bond donors (Lipinski definition) is 0. The van der Waals surface area contributed by atoms with Gasteiger partial charge in [0, 0.05) is 22.3 Å². The van der Waals surface area contributed by atoms with E-state index in [2.05, 4.69) is 24.0 Å². The summed E-state index contributed by atoms with van der Waals surface area (Å²) < 4.78 is 0. The highest BCUT2D eigenvalue weighted by Crippen LogP contribution is 2.34. The Labute approximate surface area is 146 Å². The fraction of sp³-hybridized carbons (Fsp3) is 0.333. The third-order valence-corrected chi connectivity index (χ3v) is 5.05. The number of nitrogens with zero attached hydrogens (tertiary/aromatic N) is 2. The van der Waals surface area contributed by atoms with Crippen molar-refractivity contribution in [2.45, 2.75) is 39.3 Å². The minimum absolute atomic E-state index is 0.00874. The van der Waals surface area contributed by atoms with Crippen molar-refractivity contribution in [3.63, 3.8) is 0 Å². The molecular weight excluding hydrogens is 331 g/mol. The molecule has 1 aromatic heterocycles. The molecule has 1 amide bonds. The van der Waals surface area contributed by atoms with Crippen LogP contribution in [0, 0.1) is 0 Å². The SMILES string of the molecule is CCCc1ccc(C(C)N2Cc3c(ccnc3Cl)C2=O)cc1Cl. The Kier molecular flexibility index (Phi) is 4.60. The van der Waals surface area contributed by atoms with Gasteiger partial charge in [0.15, 0.2) is 0 Å². The molecule has 0 saturated heterocycles. The fourth-order valence-electron chi connectivity index (χ4n) is 3.00. The van der Waals surface area contributed by atoms with Gasteiger partial charge in [-0.05, 0) is 36.6 Å². The van der Waals surface area contributed by atoms with Crippen LogP contribution in [0.1, 0.15) is 53.4 Å². The molecule has 0 fully saturated rings. The minimum Gasteiger partial charge on any atom is -0.327 e. The van der Waals surface area contributed by atoms with Crippen LogP contribution in [-0.2, 0) is 13.0 Å². The predicted molar refractivity (Wildman–Crippen MR) is 93.0 cm³/mol. The van der Waals surface area contributed by atoms with Gasteiger partial charge < -0.3 is 4.90 Å². The van der Waals surface area contributed by atoms with E-state index in [0.29, 0.717) is 17.3 Å². The largest absolute Gasteiger partial charge is 0.327 e. The summed E-state index contributed by atoms with van der Waals surface area (Å²) in [5, 5.41) is 1.17. The van der Waals surface area contributed by atoms with Crippen molar-refractivity contribution in [1.29, 1.82) is 0 Å². The molecule has 0 spiro atoms. The van der Waals surface area contributed by atoms with Gasteiger partial charge in [-0.1, -0.05) is 48.7 Å². The topological polar surface area (TPSA) is 33.2 Å². The number of rotatable bonds is 4. The number of fused-ring (bicyclic) bond motifs is 1. The average Bonchev–Trinajstić information content (AvgIpc) is 2.87. The molecule has 23 heavy (non-hydrogen) atoms. The van der Waals surface area contributed by atoms with Crippen molar-refractivity contribution in [2.75, 3.05) is 0 Å². The van der Waals surface area contributed by atoms with Crippen LogP contribution >= 0.6 is 23.2 Å². The number of carbonyl (C=O) groups excluding carboxylic acids is 1. The van der Waals surface area contributed by atoms with Gasteiger partial charge in [0.25, 0.3) is 5.91 Å². The number of amides is 1. The maximum absolute atomic E-state index is 12.6. The molecule has 120 valence electrons. The van der Waals surface area contributed by atoms with Crippen LogP contribution in [0.25, 0.3) is 0 Å². The minimum atomic E-state index is -0.0702. The molecule has 1 unspecified atom stereocenters. The lowest BCUT2D eigenvalue weighted by Crippen LogP contribution is -2.27. The quantitative estimate of drug-likeness (QED) is 0.723. The van der Waals surface area contributed by atoms with E-state index < -0.39 is 0 Å². The summed E-state index contributed by atoms with van der Waals surface area (Å²) in [6.45, 7) is 4.62. The van der Waals surface area contributed by atoms with Crippen LogP contribution in [0.5, 0.6) is 0 Å². The first kappa shape index (κ1) is 16.3. The van der Waals surface area contributed by atoms with Gasteiger partial charge in [-0.3, -0.25) is 4.79 Å². The molecule has 1 atom stereocenters. The third-order valence-electron chi connectivity index (χ3n) is 4.37.